The fourth-order valence-corrected chi connectivity index (χ4v) is 4.23. The summed E-state index contributed by atoms with van der Waals surface area (Å²) in [7, 11) is -3.37. The fraction of sp³-hybridized carbons (Fsp3) is 0.350. The minimum absolute atomic E-state index is 0.269. The first-order valence-electron chi connectivity index (χ1n) is 10.0. The van der Waals surface area contributed by atoms with Crippen molar-refractivity contribution in [3.63, 3.8) is 0 Å². The summed E-state index contributed by atoms with van der Waals surface area (Å²) in [6, 6.07) is 8.05. The molecule has 1 aromatic carbocycles. The summed E-state index contributed by atoms with van der Waals surface area (Å²) >= 11 is 0. The molecule has 2 fully saturated rings. The van der Waals surface area contributed by atoms with E-state index in [4.69, 9.17) is 5.73 Å². The third-order valence-electron chi connectivity index (χ3n) is 5.27. The summed E-state index contributed by atoms with van der Waals surface area (Å²) in [5, 5.41) is 7.34. The number of amides is 1. The SMILES string of the molecule is C=CS(=O)(=O)N1CCN(c2ccc(Nc3ncc(C(N)=O)c(NC4CC4)n3)cc2)CC1. The van der Waals surface area contributed by atoms with E-state index in [-0.39, 0.29) is 5.56 Å². The van der Waals surface area contributed by atoms with Gasteiger partial charge in [0.15, 0.2) is 0 Å². The van der Waals surface area contributed by atoms with E-state index >= 15 is 0 Å². The Hall–Kier alpha value is -3.18. The summed E-state index contributed by atoms with van der Waals surface area (Å²) in [6.45, 7) is 5.43. The number of hydrogen-bond acceptors (Lipinski definition) is 8. The zero-order valence-electron chi connectivity index (χ0n) is 17.0. The van der Waals surface area contributed by atoms with Crippen LogP contribution in [0.5, 0.6) is 0 Å². The molecule has 1 aliphatic heterocycles. The highest BCUT2D eigenvalue weighted by Gasteiger charge is 2.25. The number of anilines is 4. The summed E-state index contributed by atoms with van der Waals surface area (Å²) in [5.41, 5.74) is 7.48. The molecule has 0 unspecified atom stereocenters. The quantitative estimate of drug-likeness (QED) is 0.559. The topological polar surface area (TPSA) is 134 Å². The van der Waals surface area contributed by atoms with Gasteiger partial charge in [-0.05, 0) is 37.1 Å². The lowest BCUT2D eigenvalue weighted by molar-refractivity contribution is 0.100. The summed E-state index contributed by atoms with van der Waals surface area (Å²) in [6.07, 6.45) is 3.51. The van der Waals surface area contributed by atoms with Crippen LogP contribution in [-0.4, -0.2) is 60.8 Å². The molecule has 1 saturated heterocycles. The number of carbonyl (C=O) groups is 1. The smallest absolute Gasteiger partial charge is 0.254 e. The van der Waals surface area contributed by atoms with Crippen LogP contribution < -0.4 is 21.3 Å². The first kappa shape index (κ1) is 21.1. The number of aromatic nitrogens is 2. The number of piperazine rings is 1. The zero-order chi connectivity index (χ0) is 22.0. The highest BCUT2D eigenvalue weighted by molar-refractivity contribution is 7.92. The lowest BCUT2D eigenvalue weighted by Crippen LogP contribution is -2.48. The van der Waals surface area contributed by atoms with Crippen molar-refractivity contribution in [1.82, 2.24) is 14.3 Å². The Bertz CT molecular complexity index is 1080. The Labute approximate surface area is 181 Å². The predicted molar refractivity (Wildman–Crippen MR) is 120 cm³/mol. The maximum Gasteiger partial charge on any atom is 0.254 e. The standard InChI is InChI=1S/C20H25N7O3S/c1-2-31(29,30)27-11-9-26(10-12-27)16-7-5-15(6-8-16)24-20-22-13-17(18(21)28)19(25-20)23-14-3-4-14/h2,5-8,13-14H,1,3-4,9-12H2,(H2,21,28)(H2,22,23,24,25). The van der Waals surface area contributed by atoms with Gasteiger partial charge < -0.3 is 21.3 Å². The maximum absolute atomic E-state index is 11.9. The number of nitrogens with one attached hydrogen (secondary N) is 2. The van der Waals surface area contributed by atoms with Gasteiger partial charge >= 0.3 is 0 Å². The van der Waals surface area contributed by atoms with Crippen molar-refractivity contribution in [1.29, 1.82) is 0 Å². The molecule has 0 spiro atoms. The van der Waals surface area contributed by atoms with Crippen molar-refractivity contribution in [2.75, 3.05) is 41.7 Å². The molecule has 0 atom stereocenters. The van der Waals surface area contributed by atoms with Gasteiger partial charge in [-0.2, -0.15) is 9.29 Å². The van der Waals surface area contributed by atoms with Crippen LogP contribution in [0.25, 0.3) is 0 Å². The molecular weight excluding hydrogens is 418 g/mol. The molecule has 1 aliphatic carbocycles. The molecule has 4 N–H and O–H groups in total. The lowest BCUT2D eigenvalue weighted by Gasteiger charge is -2.34. The van der Waals surface area contributed by atoms with Crippen molar-refractivity contribution >= 4 is 39.1 Å². The molecule has 1 saturated carbocycles. The second-order valence-electron chi connectivity index (χ2n) is 7.51. The number of nitrogens with two attached hydrogens (primary N) is 1. The Morgan fingerprint density at radius 3 is 2.42 bits per heavy atom. The van der Waals surface area contributed by atoms with Crippen LogP contribution in [0.4, 0.5) is 23.1 Å². The van der Waals surface area contributed by atoms with E-state index in [0.29, 0.717) is 44.0 Å². The van der Waals surface area contributed by atoms with E-state index in [1.807, 2.05) is 24.3 Å². The number of carbonyl (C=O) groups excluding carboxylic acids is 1. The molecule has 1 aromatic heterocycles. The number of hydrogen-bond donors (Lipinski definition) is 3. The molecule has 11 heteroatoms. The van der Waals surface area contributed by atoms with Gasteiger partial charge in [0.1, 0.15) is 5.82 Å². The Kier molecular flexibility index (Phi) is 5.79. The average Bonchev–Trinajstić information content (AvgIpc) is 3.58. The van der Waals surface area contributed by atoms with Crippen LogP contribution in [0, 0.1) is 0 Å². The zero-order valence-corrected chi connectivity index (χ0v) is 17.8. The summed E-state index contributed by atoms with van der Waals surface area (Å²) < 4.78 is 25.2. The molecule has 164 valence electrons. The normalized spacial score (nSPS) is 17.2. The molecule has 0 radical (unpaired) electrons. The third kappa shape index (κ3) is 4.94. The number of nitrogens with zero attached hydrogens (tertiary/aromatic N) is 4. The number of rotatable bonds is 8. The second-order valence-corrected chi connectivity index (χ2v) is 9.39. The van der Waals surface area contributed by atoms with Gasteiger partial charge in [0.05, 0.1) is 5.56 Å². The maximum atomic E-state index is 11.9. The van der Waals surface area contributed by atoms with Gasteiger partial charge in [-0.15, -0.1) is 0 Å². The van der Waals surface area contributed by atoms with Crippen LogP contribution >= 0.6 is 0 Å². The van der Waals surface area contributed by atoms with Gasteiger partial charge in [0.25, 0.3) is 5.91 Å². The van der Waals surface area contributed by atoms with Crippen LogP contribution in [0.2, 0.25) is 0 Å². The average molecular weight is 444 g/mol. The third-order valence-corrected chi connectivity index (χ3v) is 6.78. The van der Waals surface area contributed by atoms with Gasteiger partial charge in [0, 0.05) is 55.2 Å². The Balaban J connectivity index is 1.41. The summed E-state index contributed by atoms with van der Waals surface area (Å²) in [5.74, 6) is 0.237. The highest BCUT2D eigenvalue weighted by atomic mass is 32.2. The molecule has 2 heterocycles. The minimum atomic E-state index is -3.37. The van der Waals surface area contributed by atoms with E-state index in [1.165, 1.54) is 10.5 Å². The minimum Gasteiger partial charge on any atom is -0.369 e. The summed E-state index contributed by atoms with van der Waals surface area (Å²) in [4.78, 5) is 22.3. The van der Waals surface area contributed by atoms with Crippen LogP contribution in [-0.2, 0) is 10.0 Å². The van der Waals surface area contributed by atoms with Crippen molar-refractivity contribution in [2.45, 2.75) is 18.9 Å². The van der Waals surface area contributed by atoms with E-state index in [1.54, 1.807) is 0 Å². The van der Waals surface area contributed by atoms with E-state index in [2.05, 4.69) is 32.1 Å². The Morgan fingerprint density at radius 1 is 1.16 bits per heavy atom. The predicted octanol–water partition coefficient (Wildman–Crippen LogP) is 1.49. The molecule has 2 aromatic rings. The van der Waals surface area contributed by atoms with Crippen molar-refractivity contribution in [2.24, 2.45) is 5.73 Å². The molecular formula is C20H25N7O3S. The number of sulfonamides is 1. The van der Waals surface area contributed by atoms with Gasteiger partial charge in [-0.25, -0.2) is 13.4 Å². The largest absolute Gasteiger partial charge is 0.369 e. The van der Waals surface area contributed by atoms with E-state index in [0.717, 1.165) is 29.6 Å². The van der Waals surface area contributed by atoms with E-state index < -0.39 is 15.9 Å². The number of benzene rings is 1. The molecule has 4 rings (SSSR count). The van der Waals surface area contributed by atoms with Crippen LogP contribution in [0.15, 0.2) is 42.4 Å². The molecule has 2 aliphatic rings. The monoisotopic (exact) mass is 443 g/mol. The first-order valence-corrected chi connectivity index (χ1v) is 11.5. The molecule has 0 bridgehead atoms. The van der Waals surface area contributed by atoms with E-state index in [9.17, 15) is 13.2 Å². The molecule has 10 nitrogen and oxygen atoms in total. The van der Waals surface area contributed by atoms with Crippen LogP contribution in [0.3, 0.4) is 0 Å². The lowest BCUT2D eigenvalue weighted by atomic mass is 10.2. The van der Waals surface area contributed by atoms with Gasteiger partial charge in [-0.1, -0.05) is 6.58 Å². The fourth-order valence-electron chi connectivity index (χ4n) is 3.34. The van der Waals surface area contributed by atoms with Gasteiger partial charge in [0.2, 0.25) is 16.0 Å². The highest BCUT2D eigenvalue weighted by Crippen LogP contribution is 2.27. The van der Waals surface area contributed by atoms with Gasteiger partial charge in [-0.3, -0.25) is 4.79 Å². The number of primary amides is 1. The van der Waals surface area contributed by atoms with Crippen molar-refractivity contribution < 1.29 is 13.2 Å². The molecule has 1 amide bonds. The first-order chi connectivity index (χ1) is 14.9. The van der Waals surface area contributed by atoms with Crippen LogP contribution in [0.1, 0.15) is 23.2 Å². The van der Waals surface area contributed by atoms with Crippen molar-refractivity contribution in [3.8, 4) is 0 Å². The van der Waals surface area contributed by atoms with Crippen molar-refractivity contribution in [3.05, 3.63) is 48.0 Å². The Morgan fingerprint density at radius 2 is 1.84 bits per heavy atom. The molecule has 31 heavy (non-hydrogen) atoms. The second kappa shape index (κ2) is 8.52.